The Morgan fingerprint density at radius 2 is 1.92 bits per heavy atom. The van der Waals surface area contributed by atoms with Crippen LogP contribution in [-0.4, -0.2) is 46.5 Å². The second kappa shape index (κ2) is 10.1. The molecule has 3 fully saturated rings. The molecule has 4 aliphatic rings. The largest absolute Gasteiger partial charge is 0.491 e. The molecule has 0 bridgehead atoms. The molecular weight excluding hydrogens is 460 g/mol. The Balaban J connectivity index is 1.30. The third-order valence-electron chi connectivity index (χ3n) is 7.73. The highest BCUT2D eigenvalue weighted by atomic mass is 16.5. The van der Waals surface area contributed by atoms with Crippen molar-refractivity contribution in [2.24, 2.45) is 11.8 Å². The maximum atomic E-state index is 10.9. The first-order valence-electron chi connectivity index (χ1n) is 12.9. The molecule has 1 aromatic rings. The molecule has 1 heterocycles. The quantitative estimate of drug-likeness (QED) is 0.166. The summed E-state index contributed by atoms with van der Waals surface area (Å²) in [6.45, 7) is 0.566. The number of nitrogens with zero attached hydrogens (tertiary/aromatic N) is 1. The molecule has 4 aliphatic carbocycles. The molecule has 1 aromatic heterocycles. The van der Waals surface area contributed by atoms with Crippen molar-refractivity contribution >= 4 is 5.71 Å². The Morgan fingerprint density at radius 1 is 1.17 bits per heavy atom. The van der Waals surface area contributed by atoms with Crippen molar-refractivity contribution in [3.8, 4) is 5.88 Å². The zero-order chi connectivity index (χ0) is 25.3. The normalized spacial score (nSPS) is 28.2. The first kappa shape index (κ1) is 24.6. The lowest BCUT2D eigenvalue weighted by atomic mass is 9.79. The van der Waals surface area contributed by atoms with Gasteiger partial charge < -0.3 is 35.7 Å². The van der Waals surface area contributed by atoms with E-state index in [9.17, 15) is 15.4 Å². The fraction of sp³-hybridized carbons (Fsp3) is 0.556. The summed E-state index contributed by atoms with van der Waals surface area (Å²) in [6.07, 6.45) is 12.0. The number of hydrogen-bond acceptors (Lipinski definition) is 8. The highest BCUT2D eigenvalue weighted by molar-refractivity contribution is 6.10. The van der Waals surface area contributed by atoms with Crippen molar-refractivity contribution in [1.82, 2.24) is 10.6 Å². The Bertz CT molecular complexity index is 1080. The number of ether oxygens (including phenoxy) is 2. The molecule has 0 spiro atoms. The summed E-state index contributed by atoms with van der Waals surface area (Å²) < 4.78 is 11.9. The van der Waals surface area contributed by atoms with Gasteiger partial charge in [-0.15, -0.1) is 0 Å². The highest BCUT2D eigenvalue weighted by Gasteiger charge is 2.45. The van der Waals surface area contributed by atoms with Gasteiger partial charge in [-0.25, -0.2) is 0 Å². The van der Waals surface area contributed by atoms with Crippen LogP contribution in [0.1, 0.15) is 63.3 Å². The molecule has 3 saturated carbocycles. The molecule has 9 nitrogen and oxygen atoms in total. The van der Waals surface area contributed by atoms with E-state index in [1.807, 2.05) is 6.20 Å². The van der Waals surface area contributed by atoms with Gasteiger partial charge in [0.25, 0.3) is 5.69 Å². The molecule has 6 N–H and O–H groups in total. The lowest BCUT2D eigenvalue weighted by Gasteiger charge is -2.36. The predicted octanol–water partition coefficient (Wildman–Crippen LogP) is 2.59. The Hall–Kier alpha value is -3.04. The number of hydrogen-bond donors (Lipinski definition) is 6. The molecule has 1 unspecified atom stereocenters. The molecule has 0 aliphatic heterocycles. The topological polar surface area (TPSA) is 131 Å². The van der Waals surface area contributed by atoms with Gasteiger partial charge in [-0.3, -0.25) is 5.21 Å². The number of aliphatic hydroxyl groups excluding tert-OH is 1. The van der Waals surface area contributed by atoms with Crippen LogP contribution in [0.2, 0.25) is 0 Å². The van der Waals surface area contributed by atoms with Crippen molar-refractivity contribution in [1.29, 1.82) is 5.41 Å². The fourth-order valence-electron chi connectivity index (χ4n) is 5.04. The molecular formula is C27H37N4O5+. The summed E-state index contributed by atoms with van der Waals surface area (Å²) in [6, 6.07) is 5.11. The van der Waals surface area contributed by atoms with Gasteiger partial charge in [0.05, 0.1) is 41.5 Å². The van der Waals surface area contributed by atoms with Gasteiger partial charge in [-0.05, 0) is 75.3 Å². The van der Waals surface area contributed by atoms with Gasteiger partial charge in [0, 0.05) is 30.0 Å². The molecule has 0 radical (unpaired) electrons. The minimum atomic E-state index is -1.25. The molecule has 194 valence electrons. The van der Waals surface area contributed by atoms with Crippen LogP contribution in [0.4, 0.5) is 0 Å². The molecule has 5 rings (SSSR count). The summed E-state index contributed by atoms with van der Waals surface area (Å²) in [7, 11) is 1.44. The van der Waals surface area contributed by atoms with Crippen LogP contribution >= 0.6 is 0 Å². The third kappa shape index (κ3) is 5.52. The minimum absolute atomic E-state index is 0.194. The zero-order valence-corrected chi connectivity index (χ0v) is 20.7. The molecule has 9 heteroatoms. The van der Waals surface area contributed by atoms with Gasteiger partial charge in [0.2, 0.25) is 6.23 Å². The molecule has 0 amide bonds. The van der Waals surface area contributed by atoms with Crippen molar-refractivity contribution in [3.05, 3.63) is 59.3 Å². The van der Waals surface area contributed by atoms with Gasteiger partial charge in [-0.1, -0.05) is 0 Å². The lowest BCUT2D eigenvalue weighted by Crippen LogP contribution is -2.42. The lowest BCUT2D eigenvalue weighted by molar-refractivity contribution is -0.913. The van der Waals surface area contributed by atoms with Crippen LogP contribution in [-0.2, 0) is 4.74 Å². The van der Waals surface area contributed by atoms with E-state index in [1.165, 1.54) is 7.11 Å². The number of pyridine rings is 1. The summed E-state index contributed by atoms with van der Waals surface area (Å²) in [4.78, 5) is 0. The van der Waals surface area contributed by atoms with Crippen LogP contribution in [0.3, 0.4) is 0 Å². The summed E-state index contributed by atoms with van der Waals surface area (Å²) >= 11 is 0. The maximum Gasteiger partial charge on any atom is 0.416 e. The van der Waals surface area contributed by atoms with Crippen molar-refractivity contribution in [2.75, 3.05) is 13.7 Å². The molecule has 36 heavy (non-hydrogen) atoms. The minimum Gasteiger partial charge on any atom is -0.491 e. The number of rotatable bonds is 10. The second-order valence-electron chi connectivity index (χ2n) is 10.5. The van der Waals surface area contributed by atoms with E-state index in [4.69, 9.17) is 14.9 Å². The number of aromatic nitrogens is 1. The van der Waals surface area contributed by atoms with Gasteiger partial charge in [0.15, 0.2) is 0 Å². The maximum absolute atomic E-state index is 10.9. The summed E-state index contributed by atoms with van der Waals surface area (Å²) in [5, 5.41) is 47.1. The van der Waals surface area contributed by atoms with Crippen LogP contribution in [0, 0.1) is 17.2 Å². The Kier molecular flexibility index (Phi) is 6.94. The predicted molar refractivity (Wildman–Crippen MR) is 132 cm³/mol. The summed E-state index contributed by atoms with van der Waals surface area (Å²) in [5.74, 6) is 1.69. The smallest absolute Gasteiger partial charge is 0.416 e. The molecule has 0 aromatic carbocycles. The molecule has 0 saturated heterocycles. The van der Waals surface area contributed by atoms with E-state index >= 15 is 0 Å². The van der Waals surface area contributed by atoms with Crippen LogP contribution in [0.15, 0.2) is 53.6 Å². The summed E-state index contributed by atoms with van der Waals surface area (Å²) in [5.41, 5.74) is 1.22. The van der Waals surface area contributed by atoms with E-state index < -0.39 is 11.8 Å². The van der Waals surface area contributed by atoms with Crippen molar-refractivity contribution < 1.29 is 29.6 Å². The average molecular weight is 498 g/mol. The van der Waals surface area contributed by atoms with E-state index in [-0.39, 0.29) is 17.6 Å². The number of nitrogens with one attached hydrogen (secondary N) is 3. The number of allylic oxidation sites excluding steroid dienone is 3. The number of aliphatic hydroxyl groups is 2. The Morgan fingerprint density at radius 3 is 2.58 bits per heavy atom. The van der Waals surface area contributed by atoms with Crippen molar-refractivity contribution in [2.45, 2.75) is 69.2 Å². The second-order valence-corrected chi connectivity index (χ2v) is 10.5. The van der Waals surface area contributed by atoms with E-state index in [0.717, 1.165) is 56.1 Å². The number of methoxy groups -OCH3 is 1. The average Bonchev–Trinajstić information content (AvgIpc) is 3.77. The van der Waals surface area contributed by atoms with E-state index in [0.29, 0.717) is 41.2 Å². The van der Waals surface area contributed by atoms with E-state index in [1.54, 1.807) is 30.4 Å². The van der Waals surface area contributed by atoms with Crippen LogP contribution in [0.5, 0.6) is 5.88 Å². The first-order chi connectivity index (χ1) is 17.4. The van der Waals surface area contributed by atoms with Gasteiger partial charge in [-0.2, -0.15) is 0 Å². The SMILES string of the molecule is COc1cccc(C(O)NC2=C/C(=C/N[C@H]3CC[C@@](O)(C4CC4)CC3)C(=N)C=C2OCC2CC2)[n+]1O. The van der Waals surface area contributed by atoms with E-state index in [2.05, 4.69) is 10.6 Å². The molecule has 1 atom stereocenters. The van der Waals surface area contributed by atoms with Crippen molar-refractivity contribution in [3.63, 3.8) is 0 Å². The van der Waals surface area contributed by atoms with Crippen LogP contribution in [0.25, 0.3) is 0 Å². The third-order valence-corrected chi connectivity index (χ3v) is 7.73. The zero-order valence-electron chi connectivity index (χ0n) is 20.7. The first-order valence-corrected chi connectivity index (χ1v) is 12.9. The van der Waals surface area contributed by atoms with Crippen LogP contribution < -0.4 is 20.1 Å². The highest BCUT2D eigenvalue weighted by Crippen LogP contribution is 2.47. The Labute approximate surface area is 211 Å². The monoisotopic (exact) mass is 497 g/mol. The van der Waals surface area contributed by atoms with Gasteiger partial charge >= 0.3 is 5.88 Å². The van der Waals surface area contributed by atoms with Gasteiger partial charge in [0.1, 0.15) is 5.76 Å². The fourth-order valence-corrected chi connectivity index (χ4v) is 5.04. The standard InChI is InChI=1S/C27H37N4O5/c1-35-25-4-2-3-23(31(25)34)26(32)30-22-13-18(21(28)14-24(22)36-16-17-5-6-17)15-29-20-9-11-27(33,12-10-20)19-7-8-19/h2-4,13-15,17,19-20,26,28-30,32-34H,5-12,16H2,1H3/q+1/b18-15-,28-21?/t20-,26?,27-.